The molecule has 0 unspecified atom stereocenters. The maximum Gasteiger partial charge on any atom is 0.128 e. The summed E-state index contributed by atoms with van der Waals surface area (Å²) in [6, 6.07) is 6.05. The molecule has 6 nitrogen and oxygen atoms in total. The van der Waals surface area contributed by atoms with Crippen molar-refractivity contribution in [3.63, 3.8) is 0 Å². The average molecular weight is 260 g/mol. The lowest BCUT2D eigenvalue weighted by Gasteiger charge is -2.26. The van der Waals surface area contributed by atoms with Gasteiger partial charge in [0.15, 0.2) is 0 Å². The van der Waals surface area contributed by atoms with E-state index in [0.29, 0.717) is 6.04 Å². The number of ether oxygens (including phenoxy) is 2. The van der Waals surface area contributed by atoms with Crippen LogP contribution in [0.4, 0.5) is 0 Å². The predicted octanol–water partition coefficient (Wildman–Crippen LogP) is 1.11. The van der Waals surface area contributed by atoms with Crippen LogP contribution in [-0.4, -0.2) is 42.3 Å². The van der Waals surface area contributed by atoms with E-state index < -0.39 is 0 Å². The van der Waals surface area contributed by atoms with E-state index in [-0.39, 0.29) is 0 Å². The first-order valence-corrected chi connectivity index (χ1v) is 6.17. The summed E-state index contributed by atoms with van der Waals surface area (Å²) in [4.78, 5) is 0. The highest BCUT2D eigenvalue weighted by molar-refractivity contribution is 5.68. The fourth-order valence-electron chi connectivity index (χ4n) is 2.05. The van der Waals surface area contributed by atoms with Crippen LogP contribution in [0.3, 0.4) is 0 Å². The van der Waals surface area contributed by atoms with Crippen molar-refractivity contribution in [1.29, 1.82) is 0 Å². The second-order valence-electron chi connectivity index (χ2n) is 4.46. The Bertz CT molecular complexity index is 578. The van der Waals surface area contributed by atoms with Gasteiger partial charge in [-0.05, 0) is 18.2 Å². The Balaban J connectivity index is 1.97. The fourth-order valence-corrected chi connectivity index (χ4v) is 2.05. The molecule has 1 aromatic heterocycles. The Morgan fingerprint density at radius 3 is 2.74 bits per heavy atom. The van der Waals surface area contributed by atoms with E-state index in [1.54, 1.807) is 14.2 Å². The third-order valence-corrected chi connectivity index (χ3v) is 3.33. The summed E-state index contributed by atoms with van der Waals surface area (Å²) in [7, 11) is 3.29. The van der Waals surface area contributed by atoms with Crippen LogP contribution < -0.4 is 14.8 Å². The van der Waals surface area contributed by atoms with Gasteiger partial charge in [-0.2, -0.15) is 0 Å². The summed E-state index contributed by atoms with van der Waals surface area (Å²) in [5.41, 5.74) is 1.68. The summed E-state index contributed by atoms with van der Waals surface area (Å²) >= 11 is 0. The number of nitrogens with zero attached hydrogens (tertiary/aromatic N) is 3. The lowest BCUT2D eigenvalue weighted by molar-refractivity contribution is 0.313. The van der Waals surface area contributed by atoms with Gasteiger partial charge in [-0.25, -0.2) is 4.68 Å². The van der Waals surface area contributed by atoms with E-state index in [2.05, 4.69) is 15.6 Å². The monoisotopic (exact) mass is 260 g/mol. The van der Waals surface area contributed by atoms with E-state index in [4.69, 9.17) is 9.47 Å². The highest BCUT2D eigenvalue weighted by atomic mass is 16.5. The fraction of sp³-hybridized carbons (Fsp3) is 0.385. The van der Waals surface area contributed by atoms with Crippen LogP contribution in [0.2, 0.25) is 0 Å². The number of rotatable bonds is 4. The molecule has 0 atom stereocenters. The van der Waals surface area contributed by atoms with Gasteiger partial charge in [0.1, 0.15) is 17.2 Å². The first kappa shape index (κ1) is 12.0. The second-order valence-corrected chi connectivity index (χ2v) is 4.46. The first-order valence-electron chi connectivity index (χ1n) is 6.17. The molecular formula is C13H16N4O2. The molecule has 0 bridgehead atoms. The molecule has 19 heavy (non-hydrogen) atoms. The van der Waals surface area contributed by atoms with Crippen molar-refractivity contribution >= 4 is 0 Å². The third-order valence-electron chi connectivity index (χ3n) is 3.33. The van der Waals surface area contributed by atoms with E-state index in [1.807, 2.05) is 29.1 Å². The molecule has 0 aliphatic carbocycles. The molecule has 0 amide bonds. The minimum atomic E-state index is 0.401. The molecule has 2 aromatic rings. The van der Waals surface area contributed by atoms with E-state index in [9.17, 15) is 0 Å². The van der Waals surface area contributed by atoms with E-state index >= 15 is 0 Å². The average Bonchev–Trinajstić information content (AvgIpc) is 2.85. The zero-order chi connectivity index (χ0) is 13.2. The van der Waals surface area contributed by atoms with Gasteiger partial charge >= 0.3 is 0 Å². The Hall–Kier alpha value is -2.08. The number of methoxy groups -OCH3 is 2. The van der Waals surface area contributed by atoms with Crippen LogP contribution in [0.25, 0.3) is 11.3 Å². The Labute approximate surface area is 111 Å². The minimum Gasteiger partial charge on any atom is -0.497 e. The van der Waals surface area contributed by atoms with Crippen molar-refractivity contribution in [2.75, 3.05) is 27.3 Å². The van der Waals surface area contributed by atoms with Crippen LogP contribution in [0.5, 0.6) is 11.5 Å². The number of hydrogen-bond donors (Lipinski definition) is 1. The van der Waals surface area contributed by atoms with Gasteiger partial charge in [-0.3, -0.25) is 0 Å². The molecule has 1 aliphatic heterocycles. The summed E-state index contributed by atoms with van der Waals surface area (Å²) < 4.78 is 12.5. The molecule has 1 aliphatic rings. The second kappa shape index (κ2) is 4.89. The van der Waals surface area contributed by atoms with Crippen molar-refractivity contribution in [2.24, 2.45) is 0 Å². The maximum absolute atomic E-state index is 5.36. The van der Waals surface area contributed by atoms with Gasteiger partial charge in [0.05, 0.1) is 26.5 Å². The van der Waals surface area contributed by atoms with Gasteiger partial charge in [0.2, 0.25) is 0 Å². The molecule has 1 fully saturated rings. The summed E-state index contributed by atoms with van der Waals surface area (Å²) in [6.45, 7) is 1.89. The molecule has 1 saturated heterocycles. The molecule has 2 heterocycles. The number of aromatic nitrogens is 3. The molecule has 0 radical (unpaired) electrons. The molecule has 0 spiro atoms. The Morgan fingerprint density at radius 1 is 1.26 bits per heavy atom. The molecule has 6 heteroatoms. The predicted molar refractivity (Wildman–Crippen MR) is 70.5 cm³/mol. The molecular weight excluding hydrogens is 244 g/mol. The van der Waals surface area contributed by atoms with Gasteiger partial charge in [0.25, 0.3) is 0 Å². The van der Waals surface area contributed by atoms with Crippen LogP contribution in [-0.2, 0) is 0 Å². The van der Waals surface area contributed by atoms with Crippen LogP contribution in [0.15, 0.2) is 24.4 Å². The molecule has 0 saturated carbocycles. The third kappa shape index (κ3) is 2.15. The minimum absolute atomic E-state index is 0.401. The SMILES string of the molecule is COc1ccc(OC)c(-c2cn(C3CNC3)nn2)c1. The van der Waals surface area contributed by atoms with Crippen molar-refractivity contribution < 1.29 is 9.47 Å². The van der Waals surface area contributed by atoms with Gasteiger partial charge < -0.3 is 14.8 Å². The lowest BCUT2D eigenvalue weighted by Crippen LogP contribution is -2.43. The zero-order valence-corrected chi connectivity index (χ0v) is 11.0. The van der Waals surface area contributed by atoms with Crippen molar-refractivity contribution in [3.05, 3.63) is 24.4 Å². The molecule has 100 valence electrons. The Kier molecular flexibility index (Phi) is 3.08. The van der Waals surface area contributed by atoms with Crippen LogP contribution >= 0.6 is 0 Å². The molecule has 1 N–H and O–H groups in total. The highest BCUT2D eigenvalue weighted by Crippen LogP contribution is 2.32. The van der Waals surface area contributed by atoms with Crippen LogP contribution in [0.1, 0.15) is 6.04 Å². The summed E-state index contributed by atoms with van der Waals surface area (Å²) in [6.07, 6.45) is 1.95. The van der Waals surface area contributed by atoms with E-state index in [1.165, 1.54) is 0 Å². The maximum atomic E-state index is 5.36. The summed E-state index contributed by atoms with van der Waals surface area (Å²) in [5, 5.41) is 11.6. The number of benzene rings is 1. The first-order chi connectivity index (χ1) is 9.31. The van der Waals surface area contributed by atoms with Gasteiger partial charge in [-0.15, -0.1) is 5.10 Å². The smallest absolute Gasteiger partial charge is 0.128 e. The lowest BCUT2D eigenvalue weighted by atomic mass is 10.1. The highest BCUT2D eigenvalue weighted by Gasteiger charge is 2.21. The topological polar surface area (TPSA) is 61.2 Å². The van der Waals surface area contributed by atoms with Crippen molar-refractivity contribution in [1.82, 2.24) is 20.3 Å². The Morgan fingerprint density at radius 2 is 2.11 bits per heavy atom. The van der Waals surface area contributed by atoms with Crippen molar-refractivity contribution in [2.45, 2.75) is 6.04 Å². The zero-order valence-electron chi connectivity index (χ0n) is 11.0. The van der Waals surface area contributed by atoms with E-state index in [0.717, 1.165) is 35.8 Å². The normalized spacial score (nSPS) is 15.1. The number of hydrogen-bond acceptors (Lipinski definition) is 5. The quantitative estimate of drug-likeness (QED) is 0.892. The van der Waals surface area contributed by atoms with Gasteiger partial charge in [0, 0.05) is 18.7 Å². The standard InChI is InChI=1S/C13H16N4O2/c1-18-10-3-4-13(19-2)11(5-10)12-8-17(16-15-12)9-6-14-7-9/h3-5,8-9,14H,6-7H2,1-2H3. The largest absolute Gasteiger partial charge is 0.497 e. The van der Waals surface area contributed by atoms with Gasteiger partial charge in [-0.1, -0.05) is 5.21 Å². The summed E-state index contributed by atoms with van der Waals surface area (Å²) in [5.74, 6) is 1.54. The van der Waals surface area contributed by atoms with Crippen molar-refractivity contribution in [3.8, 4) is 22.8 Å². The number of nitrogens with one attached hydrogen (secondary N) is 1. The van der Waals surface area contributed by atoms with Crippen LogP contribution in [0, 0.1) is 0 Å². The molecule has 1 aromatic carbocycles. The molecule has 3 rings (SSSR count).